The van der Waals surface area contributed by atoms with Crippen LogP contribution in [0.1, 0.15) is 51.7 Å². The first-order chi connectivity index (χ1) is 13.0. The zero-order chi connectivity index (χ0) is 21.4. The summed E-state index contributed by atoms with van der Waals surface area (Å²) >= 11 is 0. The van der Waals surface area contributed by atoms with Gasteiger partial charge in [0.25, 0.3) is 0 Å². The molecule has 2 N–H and O–H groups in total. The molecule has 28 heavy (non-hydrogen) atoms. The van der Waals surface area contributed by atoms with E-state index in [0.717, 1.165) is 29.7 Å². The van der Waals surface area contributed by atoms with Crippen LogP contribution in [0, 0.1) is 12.8 Å². The molecule has 0 unspecified atom stereocenters. The summed E-state index contributed by atoms with van der Waals surface area (Å²) in [6.45, 7) is 11.4. The fourth-order valence-electron chi connectivity index (χ4n) is 2.44. The standard InChI is InChI=1S/C21H37N3O3S/c1-16(2)9-8-12-27-19-13-17(3)10-11-18(19)14-23-20(22-6)24-15-21(4,5)28(7,25)26/h10-11,13,16H,8-9,12,14-15H2,1-7H3,(H2,22,23,24). The van der Waals surface area contributed by atoms with Crippen molar-refractivity contribution in [2.75, 3.05) is 26.5 Å². The molecule has 0 atom stereocenters. The van der Waals surface area contributed by atoms with Gasteiger partial charge in [-0.2, -0.15) is 0 Å². The minimum absolute atomic E-state index is 0.276. The molecule has 0 aliphatic carbocycles. The average molecular weight is 412 g/mol. The van der Waals surface area contributed by atoms with Gasteiger partial charge < -0.3 is 15.4 Å². The summed E-state index contributed by atoms with van der Waals surface area (Å²) in [4.78, 5) is 4.19. The van der Waals surface area contributed by atoms with Crippen molar-refractivity contribution < 1.29 is 13.2 Å². The quantitative estimate of drug-likeness (QED) is 0.351. The number of rotatable bonds is 10. The molecule has 0 aliphatic heterocycles. The third kappa shape index (κ3) is 8.09. The van der Waals surface area contributed by atoms with E-state index in [-0.39, 0.29) is 6.54 Å². The van der Waals surface area contributed by atoms with Gasteiger partial charge >= 0.3 is 0 Å². The van der Waals surface area contributed by atoms with Gasteiger partial charge in [-0.3, -0.25) is 4.99 Å². The molecule has 0 amide bonds. The van der Waals surface area contributed by atoms with Crippen LogP contribution in [0.5, 0.6) is 5.75 Å². The van der Waals surface area contributed by atoms with Crippen LogP contribution in [0.4, 0.5) is 0 Å². The molecule has 0 aliphatic rings. The molecule has 160 valence electrons. The molecule has 0 spiro atoms. The van der Waals surface area contributed by atoms with Crippen molar-refractivity contribution >= 4 is 15.8 Å². The van der Waals surface area contributed by atoms with E-state index >= 15 is 0 Å². The number of sulfone groups is 1. The van der Waals surface area contributed by atoms with Crippen molar-refractivity contribution in [3.8, 4) is 5.75 Å². The van der Waals surface area contributed by atoms with E-state index in [0.29, 0.717) is 25.0 Å². The zero-order valence-electron chi connectivity index (χ0n) is 18.4. The summed E-state index contributed by atoms with van der Waals surface area (Å²) in [7, 11) is -1.50. The van der Waals surface area contributed by atoms with E-state index in [1.807, 2.05) is 13.0 Å². The fraction of sp³-hybridized carbons (Fsp3) is 0.667. The van der Waals surface area contributed by atoms with Gasteiger partial charge in [0.05, 0.1) is 11.4 Å². The number of aliphatic imine (C=N–C) groups is 1. The summed E-state index contributed by atoms with van der Waals surface area (Å²) in [6.07, 6.45) is 3.43. The molecule has 0 fully saturated rings. The van der Waals surface area contributed by atoms with Crippen LogP contribution in [0.25, 0.3) is 0 Å². The highest BCUT2D eigenvalue weighted by molar-refractivity contribution is 7.92. The Bertz CT molecular complexity index is 756. The third-order valence-electron chi connectivity index (χ3n) is 4.76. The Labute approximate surface area is 171 Å². The third-order valence-corrected chi connectivity index (χ3v) is 6.91. The normalized spacial score (nSPS) is 12.9. The monoisotopic (exact) mass is 411 g/mol. The summed E-state index contributed by atoms with van der Waals surface area (Å²) in [5, 5.41) is 6.34. The highest BCUT2D eigenvalue weighted by atomic mass is 32.2. The second-order valence-electron chi connectivity index (χ2n) is 8.31. The molecule has 0 radical (unpaired) electrons. The van der Waals surface area contributed by atoms with Crippen molar-refractivity contribution in [2.24, 2.45) is 10.9 Å². The topological polar surface area (TPSA) is 79.8 Å². The second kappa shape index (κ2) is 10.7. The number of hydrogen-bond acceptors (Lipinski definition) is 4. The molecule has 1 aromatic rings. The van der Waals surface area contributed by atoms with Gasteiger partial charge in [-0.05, 0) is 51.2 Å². The van der Waals surface area contributed by atoms with Gasteiger partial charge in [-0.1, -0.05) is 26.0 Å². The van der Waals surface area contributed by atoms with Crippen molar-refractivity contribution in [1.29, 1.82) is 0 Å². The molecule has 0 saturated heterocycles. The smallest absolute Gasteiger partial charge is 0.191 e. The largest absolute Gasteiger partial charge is 0.493 e. The molecule has 1 aromatic carbocycles. The summed E-state index contributed by atoms with van der Waals surface area (Å²) in [5.41, 5.74) is 2.19. The predicted octanol–water partition coefficient (Wildman–Crippen LogP) is 3.30. The predicted molar refractivity (Wildman–Crippen MR) is 118 cm³/mol. The van der Waals surface area contributed by atoms with Gasteiger partial charge in [0.15, 0.2) is 15.8 Å². The Balaban J connectivity index is 2.69. The Kier molecular flexibility index (Phi) is 9.27. The fourth-order valence-corrected chi connectivity index (χ4v) is 2.78. The van der Waals surface area contributed by atoms with Gasteiger partial charge in [0, 0.05) is 32.0 Å². The summed E-state index contributed by atoms with van der Waals surface area (Å²) in [6, 6.07) is 6.16. The van der Waals surface area contributed by atoms with Crippen LogP contribution in [-0.2, 0) is 16.4 Å². The highest BCUT2D eigenvalue weighted by Crippen LogP contribution is 2.21. The van der Waals surface area contributed by atoms with Crippen LogP contribution >= 0.6 is 0 Å². The molecular formula is C21H37N3O3S. The second-order valence-corrected chi connectivity index (χ2v) is 11.0. The molecule has 0 saturated carbocycles. The van der Waals surface area contributed by atoms with E-state index in [1.165, 1.54) is 6.26 Å². The number of benzene rings is 1. The maximum Gasteiger partial charge on any atom is 0.191 e. The number of nitrogens with one attached hydrogen (secondary N) is 2. The number of guanidine groups is 1. The number of aryl methyl sites for hydroxylation is 1. The van der Waals surface area contributed by atoms with E-state index in [2.05, 4.69) is 41.6 Å². The van der Waals surface area contributed by atoms with Crippen molar-refractivity contribution in [3.63, 3.8) is 0 Å². The molecule has 0 bridgehead atoms. The molecular weight excluding hydrogens is 374 g/mol. The van der Waals surface area contributed by atoms with Gasteiger partial charge in [-0.25, -0.2) is 8.42 Å². The first kappa shape index (κ1) is 24.3. The van der Waals surface area contributed by atoms with Crippen molar-refractivity contribution in [2.45, 2.75) is 58.8 Å². The van der Waals surface area contributed by atoms with Crippen molar-refractivity contribution in [3.05, 3.63) is 29.3 Å². The lowest BCUT2D eigenvalue weighted by Crippen LogP contribution is -2.47. The molecule has 0 aromatic heterocycles. The van der Waals surface area contributed by atoms with E-state index < -0.39 is 14.6 Å². The minimum Gasteiger partial charge on any atom is -0.493 e. The number of ether oxygens (including phenoxy) is 1. The van der Waals surface area contributed by atoms with Crippen LogP contribution in [0.3, 0.4) is 0 Å². The van der Waals surface area contributed by atoms with Crippen LogP contribution in [0.2, 0.25) is 0 Å². The molecule has 1 rings (SSSR count). The Morgan fingerprint density at radius 2 is 1.93 bits per heavy atom. The van der Waals surface area contributed by atoms with Gasteiger partial charge in [-0.15, -0.1) is 0 Å². The van der Waals surface area contributed by atoms with Gasteiger partial charge in [0.1, 0.15) is 5.75 Å². The average Bonchev–Trinajstić information content (AvgIpc) is 2.59. The van der Waals surface area contributed by atoms with Gasteiger partial charge in [0.2, 0.25) is 0 Å². The Morgan fingerprint density at radius 3 is 2.50 bits per heavy atom. The van der Waals surface area contributed by atoms with Crippen molar-refractivity contribution in [1.82, 2.24) is 10.6 Å². The maximum atomic E-state index is 11.9. The Hall–Kier alpha value is -1.76. The molecule has 0 heterocycles. The number of nitrogens with zero attached hydrogens (tertiary/aromatic N) is 1. The van der Waals surface area contributed by atoms with E-state index in [4.69, 9.17) is 4.74 Å². The SMILES string of the molecule is CN=C(NCc1ccc(C)cc1OCCCC(C)C)NCC(C)(C)S(C)(=O)=O. The van der Waals surface area contributed by atoms with E-state index in [1.54, 1.807) is 20.9 Å². The minimum atomic E-state index is -3.17. The molecule has 6 nitrogen and oxygen atoms in total. The van der Waals surface area contributed by atoms with Crippen LogP contribution in [-0.4, -0.2) is 45.6 Å². The molecule has 7 heteroatoms. The summed E-state index contributed by atoms with van der Waals surface area (Å²) in [5.74, 6) is 2.11. The van der Waals surface area contributed by atoms with E-state index in [9.17, 15) is 8.42 Å². The number of hydrogen-bond donors (Lipinski definition) is 2. The lowest BCUT2D eigenvalue weighted by atomic mass is 10.1. The van der Waals surface area contributed by atoms with Crippen LogP contribution < -0.4 is 15.4 Å². The lowest BCUT2D eigenvalue weighted by Gasteiger charge is -2.24. The first-order valence-corrected chi connectivity index (χ1v) is 11.7. The summed E-state index contributed by atoms with van der Waals surface area (Å²) < 4.78 is 28.9. The maximum absolute atomic E-state index is 11.9. The first-order valence-electron chi connectivity index (χ1n) is 9.82. The lowest BCUT2D eigenvalue weighted by molar-refractivity contribution is 0.294. The van der Waals surface area contributed by atoms with Crippen LogP contribution in [0.15, 0.2) is 23.2 Å². The Morgan fingerprint density at radius 1 is 1.25 bits per heavy atom. The zero-order valence-corrected chi connectivity index (χ0v) is 19.2. The highest BCUT2D eigenvalue weighted by Gasteiger charge is 2.30.